The van der Waals surface area contributed by atoms with Gasteiger partial charge in [0.2, 0.25) is 0 Å². The maximum atomic E-state index is 12.9. The van der Waals surface area contributed by atoms with Crippen LogP contribution in [0.3, 0.4) is 0 Å². The molecule has 4 rings (SSSR count). The highest BCUT2D eigenvalue weighted by Gasteiger charge is 2.35. The normalized spacial score (nSPS) is 15.2. The molecule has 3 nitrogen and oxygen atoms in total. The quantitative estimate of drug-likeness (QED) is 0.648. The van der Waals surface area contributed by atoms with Gasteiger partial charge in [-0.05, 0) is 61.7 Å². The van der Waals surface area contributed by atoms with E-state index in [9.17, 15) is 9.90 Å². The zero-order chi connectivity index (χ0) is 21.0. The second kappa shape index (κ2) is 8.57. The number of piperidine rings is 1. The van der Waals surface area contributed by atoms with Gasteiger partial charge in [0.05, 0.1) is 5.60 Å². The Morgan fingerprint density at radius 3 is 2.00 bits per heavy atom. The second-order valence-corrected chi connectivity index (χ2v) is 7.88. The summed E-state index contributed by atoms with van der Waals surface area (Å²) in [5.41, 5.74) is 3.74. The van der Waals surface area contributed by atoms with E-state index in [1.54, 1.807) is 0 Å². The summed E-state index contributed by atoms with van der Waals surface area (Å²) >= 11 is 0. The van der Waals surface area contributed by atoms with Crippen LogP contribution in [-0.4, -0.2) is 29.0 Å². The van der Waals surface area contributed by atoms with Crippen LogP contribution in [0, 0.1) is 18.8 Å². The number of rotatable bonds is 2. The predicted octanol–water partition coefficient (Wildman–Crippen LogP) is 4.52. The maximum absolute atomic E-state index is 12.9. The molecule has 1 fully saturated rings. The molecule has 3 aromatic carbocycles. The van der Waals surface area contributed by atoms with E-state index < -0.39 is 5.60 Å². The highest BCUT2D eigenvalue weighted by atomic mass is 16.3. The Kier molecular flexibility index (Phi) is 5.70. The zero-order valence-corrected chi connectivity index (χ0v) is 17.1. The van der Waals surface area contributed by atoms with Crippen molar-refractivity contribution in [3.63, 3.8) is 0 Å². The summed E-state index contributed by atoms with van der Waals surface area (Å²) in [6, 6.07) is 25.3. The summed E-state index contributed by atoms with van der Waals surface area (Å²) in [6.07, 6.45) is 1.09. The van der Waals surface area contributed by atoms with Gasteiger partial charge in [-0.15, -0.1) is 0 Å². The molecule has 1 heterocycles. The zero-order valence-electron chi connectivity index (χ0n) is 17.1. The molecule has 1 N–H and O–H groups in total. The lowest BCUT2D eigenvalue weighted by Gasteiger charge is -2.38. The third-order valence-electron chi connectivity index (χ3n) is 5.72. The molecule has 1 saturated heterocycles. The first-order valence-electron chi connectivity index (χ1n) is 10.3. The number of benzene rings is 3. The van der Waals surface area contributed by atoms with Crippen LogP contribution in [0.25, 0.3) is 0 Å². The fourth-order valence-electron chi connectivity index (χ4n) is 3.78. The van der Waals surface area contributed by atoms with Crippen LogP contribution in [-0.2, 0) is 5.60 Å². The number of aryl methyl sites for hydroxylation is 1. The molecule has 0 aliphatic carbocycles. The highest BCUT2D eigenvalue weighted by Crippen LogP contribution is 2.33. The predicted molar refractivity (Wildman–Crippen MR) is 119 cm³/mol. The number of carbonyl (C=O) groups excluding carboxylic acids is 1. The first-order chi connectivity index (χ1) is 14.5. The molecule has 1 aliphatic rings. The van der Waals surface area contributed by atoms with E-state index >= 15 is 0 Å². The first kappa shape index (κ1) is 19.9. The molecular weight excluding hydrogens is 370 g/mol. The molecule has 0 saturated carbocycles. The smallest absolute Gasteiger partial charge is 0.253 e. The van der Waals surface area contributed by atoms with Crippen LogP contribution >= 0.6 is 0 Å². The molecule has 0 radical (unpaired) electrons. The van der Waals surface area contributed by atoms with Gasteiger partial charge in [0.15, 0.2) is 0 Å². The van der Waals surface area contributed by atoms with Gasteiger partial charge in [-0.3, -0.25) is 4.79 Å². The van der Waals surface area contributed by atoms with Crippen molar-refractivity contribution < 1.29 is 9.90 Å². The van der Waals surface area contributed by atoms with Gasteiger partial charge >= 0.3 is 0 Å². The molecule has 3 aromatic rings. The van der Waals surface area contributed by atoms with Crippen molar-refractivity contribution in [3.8, 4) is 11.8 Å². The number of aliphatic hydroxyl groups is 1. The van der Waals surface area contributed by atoms with E-state index in [1.165, 1.54) is 5.56 Å². The maximum Gasteiger partial charge on any atom is 0.253 e. The molecule has 0 aromatic heterocycles. The van der Waals surface area contributed by atoms with E-state index in [4.69, 9.17) is 0 Å². The van der Waals surface area contributed by atoms with Gasteiger partial charge in [0.1, 0.15) is 0 Å². The fourth-order valence-corrected chi connectivity index (χ4v) is 3.78. The number of likely N-dealkylation sites (tertiary alicyclic amines) is 1. The van der Waals surface area contributed by atoms with Crippen molar-refractivity contribution in [2.45, 2.75) is 25.4 Å². The van der Waals surface area contributed by atoms with Crippen molar-refractivity contribution in [1.29, 1.82) is 0 Å². The summed E-state index contributed by atoms with van der Waals surface area (Å²) in [5, 5.41) is 11.0. The summed E-state index contributed by atoms with van der Waals surface area (Å²) < 4.78 is 0. The second-order valence-electron chi connectivity index (χ2n) is 7.88. The summed E-state index contributed by atoms with van der Waals surface area (Å²) in [6.45, 7) is 3.12. The molecule has 1 aliphatic heterocycles. The minimum Gasteiger partial charge on any atom is -0.385 e. The SMILES string of the molecule is Cc1ccc(C2(O)CCN(C(=O)c3ccc(C#Cc4ccccc4)cc3)CC2)cc1. The van der Waals surface area contributed by atoms with Gasteiger partial charge in [-0.1, -0.05) is 59.9 Å². The number of nitrogens with zero attached hydrogens (tertiary/aromatic N) is 1. The molecule has 0 bridgehead atoms. The summed E-state index contributed by atoms with van der Waals surface area (Å²) in [4.78, 5) is 14.7. The van der Waals surface area contributed by atoms with E-state index in [0.29, 0.717) is 31.5 Å². The van der Waals surface area contributed by atoms with Gasteiger partial charge in [-0.25, -0.2) is 0 Å². The molecule has 0 spiro atoms. The van der Waals surface area contributed by atoms with Crippen LogP contribution < -0.4 is 0 Å². The molecule has 150 valence electrons. The lowest BCUT2D eigenvalue weighted by Crippen LogP contribution is -2.45. The monoisotopic (exact) mass is 395 g/mol. The Morgan fingerprint density at radius 1 is 0.833 bits per heavy atom. The lowest BCUT2D eigenvalue weighted by atomic mass is 9.84. The number of hydrogen-bond donors (Lipinski definition) is 1. The average Bonchev–Trinajstić information content (AvgIpc) is 2.79. The summed E-state index contributed by atoms with van der Waals surface area (Å²) in [5.74, 6) is 6.26. The standard InChI is InChI=1S/C27H25NO2/c1-21-7-15-25(16-8-21)27(30)17-19-28(20-18-27)26(29)24-13-11-23(12-14-24)10-9-22-5-3-2-4-6-22/h2-8,11-16,30H,17-20H2,1H3. The Labute approximate surface area is 178 Å². The fraction of sp³-hybridized carbons (Fsp3) is 0.222. The Morgan fingerprint density at radius 2 is 1.40 bits per heavy atom. The van der Waals surface area contributed by atoms with E-state index in [-0.39, 0.29) is 5.91 Å². The van der Waals surface area contributed by atoms with Crippen LogP contribution in [0.4, 0.5) is 0 Å². The minimum atomic E-state index is -0.860. The topological polar surface area (TPSA) is 40.5 Å². The molecule has 0 atom stereocenters. The van der Waals surface area contributed by atoms with Crippen LogP contribution in [0.5, 0.6) is 0 Å². The van der Waals surface area contributed by atoms with Crippen LogP contribution in [0.1, 0.15) is 45.5 Å². The van der Waals surface area contributed by atoms with Crippen molar-refractivity contribution in [3.05, 3.63) is 107 Å². The van der Waals surface area contributed by atoms with Crippen LogP contribution in [0.2, 0.25) is 0 Å². The molecule has 1 amide bonds. The summed E-state index contributed by atoms with van der Waals surface area (Å²) in [7, 11) is 0. The van der Waals surface area contributed by atoms with E-state index in [0.717, 1.165) is 16.7 Å². The molecular formula is C27H25NO2. The highest BCUT2D eigenvalue weighted by molar-refractivity contribution is 5.94. The Balaban J connectivity index is 1.39. The Bertz CT molecular complexity index is 1070. The molecule has 0 unspecified atom stereocenters. The van der Waals surface area contributed by atoms with Crippen molar-refractivity contribution in [1.82, 2.24) is 4.90 Å². The number of amides is 1. The van der Waals surface area contributed by atoms with Gasteiger partial charge in [0, 0.05) is 29.8 Å². The largest absolute Gasteiger partial charge is 0.385 e. The lowest BCUT2D eigenvalue weighted by molar-refractivity contribution is -0.0211. The first-order valence-corrected chi connectivity index (χ1v) is 10.3. The van der Waals surface area contributed by atoms with Crippen molar-refractivity contribution in [2.24, 2.45) is 0 Å². The third-order valence-corrected chi connectivity index (χ3v) is 5.72. The minimum absolute atomic E-state index is 0.00326. The van der Waals surface area contributed by atoms with Crippen molar-refractivity contribution in [2.75, 3.05) is 13.1 Å². The molecule has 3 heteroatoms. The van der Waals surface area contributed by atoms with Gasteiger partial charge in [0.25, 0.3) is 5.91 Å². The van der Waals surface area contributed by atoms with Gasteiger partial charge < -0.3 is 10.0 Å². The molecule has 30 heavy (non-hydrogen) atoms. The van der Waals surface area contributed by atoms with Gasteiger partial charge in [-0.2, -0.15) is 0 Å². The third kappa shape index (κ3) is 4.45. The van der Waals surface area contributed by atoms with Crippen LogP contribution in [0.15, 0.2) is 78.9 Å². The van der Waals surface area contributed by atoms with Crippen molar-refractivity contribution >= 4 is 5.91 Å². The van der Waals surface area contributed by atoms with E-state index in [1.807, 2.05) is 90.7 Å². The van der Waals surface area contributed by atoms with E-state index in [2.05, 4.69) is 11.8 Å². The number of carbonyl (C=O) groups is 1. The average molecular weight is 396 g/mol. The Hall–Kier alpha value is -3.35. The number of hydrogen-bond acceptors (Lipinski definition) is 2.